The quantitative estimate of drug-likeness (QED) is 0.874. The highest BCUT2D eigenvalue weighted by Gasteiger charge is 2.26. The van der Waals surface area contributed by atoms with Crippen LogP contribution in [0.25, 0.3) is 0 Å². The molecule has 0 radical (unpaired) electrons. The second kappa shape index (κ2) is 8.11. The van der Waals surface area contributed by atoms with Gasteiger partial charge in [0, 0.05) is 32.3 Å². The molecule has 2 rings (SSSR count). The van der Waals surface area contributed by atoms with Gasteiger partial charge in [-0.15, -0.1) is 0 Å². The maximum Gasteiger partial charge on any atom is 0.226 e. The Balaban J connectivity index is 1.87. The summed E-state index contributed by atoms with van der Waals surface area (Å²) in [5, 5.41) is 11.9. The van der Waals surface area contributed by atoms with Gasteiger partial charge in [-0.1, -0.05) is 12.1 Å². The lowest BCUT2D eigenvalue weighted by Crippen LogP contribution is -2.40. The number of amides is 2. The molecule has 1 saturated carbocycles. The highest BCUT2D eigenvalue weighted by atomic mass is 16.3. The summed E-state index contributed by atoms with van der Waals surface area (Å²) in [5.74, 6) is 0.410. The van der Waals surface area contributed by atoms with E-state index in [0.29, 0.717) is 12.3 Å². The number of likely N-dealkylation sites (N-methyl/N-ethyl adjacent to an activating group) is 1. The Morgan fingerprint density at radius 2 is 1.78 bits per heavy atom. The van der Waals surface area contributed by atoms with E-state index in [4.69, 9.17) is 0 Å². The first-order chi connectivity index (χ1) is 11.0. The molecule has 1 fully saturated rings. The van der Waals surface area contributed by atoms with Crippen molar-refractivity contribution < 1.29 is 14.7 Å². The lowest BCUT2D eigenvalue weighted by atomic mass is 9.86. The fourth-order valence-corrected chi connectivity index (χ4v) is 3.13. The molecular formula is C18H26N2O3. The van der Waals surface area contributed by atoms with E-state index in [1.807, 2.05) is 36.2 Å². The number of aliphatic hydroxyl groups is 1. The van der Waals surface area contributed by atoms with Crippen molar-refractivity contribution in [1.29, 1.82) is 0 Å². The number of carbonyl (C=O) groups is 2. The summed E-state index contributed by atoms with van der Waals surface area (Å²) in [6.07, 6.45) is 4.29. The van der Waals surface area contributed by atoms with Crippen LogP contribution in [0.2, 0.25) is 0 Å². The summed E-state index contributed by atoms with van der Waals surface area (Å²) < 4.78 is 0. The molecule has 0 saturated heterocycles. The Bertz CT molecular complexity index is 534. The molecule has 0 atom stereocenters. The van der Waals surface area contributed by atoms with Gasteiger partial charge in [-0.2, -0.15) is 0 Å². The van der Waals surface area contributed by atoms with E-state index in [1.165, 1.54) is 6.92 Å². The van der Waals surface area contributed by atoms with Crippen LogP contribution in [-0.2, 0) is 16.0 Å². The van der Waals surface area contributed by atoms with E-state index in [0.717, 1.165) is 36.9 Å². The number of nitrogens with one attached hydrogen (secondary N) is 1. The van der Waals surface area contributed by atoms with Crippen LogP contribution >= 0.6 is 0 Å². The molecule has 0 unspecified atom stereocenters. The maximum atomic E-state index is 12.4. The van der Waals surface area contributed by atoms with Crippen LogP contribution < -0.4 is 5.32 Å². The van der Waals surface area contributed by atoms with Crippen molar-refractivity contribution in [3.05, 3.63) is 29.8 Å². The minimum absolute atomic E-state index is 0.105. The Kier molecular flexibility index (Phi) is 6.16. The number of hydrogen-bond donors (Lipinski definition) is 2. The molecule has 5 heteroatoms. The minimum atomic E-state index is -0.105. The predicted octanol–water partition coefficient (Wildman–Crippen LogP) is 2.20. The highest BCUT2D eigenvalue weighted by Crippen LogP contribution is 2.27. The van der Waals surface area contributed by atoms with Crippen LogP contribution in [0, 0.1) is 5.92 Å². The van der Waals surface area contributed by atoms with Gasteiger partial charge in [0.15, 0.2) is 0 Å². The molecule has 1 aromatic rings. The normalized spacial score (nSPS) is 20.8. The maximum absolute atomic E-state index is 12.4. The van der Waals surface area contributed by atoms with E-state index in [-0.39, 0.29) is 24.5 Å². The van der Waals surface area contributed by atoms with Gasteiger partial charge in [0.25, 0.3) is 0 Å². The predicted molar refractivity (Wildman–Crippen MR) is 90.1 cm³/mol. The molecule has 126 valence electrons. The summed E-state index contributed by atoms with van der Waals surface area (Å²) >= 11 is 0. The molecule has 0 spiro atoms. The monoisotopic (exact) mass is 318 g/mol. The van der Waals surface area contributed by atoms with E-state index in [2.05, 4.69) is 5.32 Å². The zero-order chi connectivity index (χ0) is 16.8. The standard InChI is InChI=1S/C18H26N2O3/c1-13(22)19-16-7-3-14(4-8-16)11-18(23)20(2)17-9-5-15(12-21)6-10-17/h3-4,7-8,15,17,21H,5-6,9-12H2,1-2H3,(H,19,22). The zero-order valence-corrected chi connectivity index (χ0v) is 13.9. The average molecular weight is 318 g/mol. The van der Waals surface area contributed by atoms with Gasteiger partial charge in [-0.05, 0) is 49.3 Å². The summed E-state index contributed by atoms with van der Waals surface area (Å²) in [6, 6.07) is 7.66. The van der Waals surface area contributed by atoms with Gasteiger partial charge in [0.1, 0.15) is 0 Å². The molecule has 1 aliphatic rings. The van der Waals surface area contributed by atoms with Gasteiger partial charge >= 0.3 is 0 Å². The first-order valence-electron chi connectivity index (χ1n) is 8.22. The van der Waals surface area contributed by atoms with Crippen LogP contribution in [0.4, 0.5) is 5.69 Å². The summed E-state index contributed by atoms with van der Waals surface area (Å²) in [5.41, 5.74) is 1.68. The molecule has 2 N–H and O–H groups in total. The van der Waals surface area contributed by atoms with Gasteiger partial charge in [0.2, 0.25) is 11.8 Å². The van der Waals surface area contributed by atoms with Crippen LogP contribution in [0.5, 0.6) is 0 Å². The lowest BCUT2D eigenvalue weighted by Gasteiger charge is -2.34. The van der Waals surface area contributed by atoms with Crippen molar-refractivity contribution in [3.8, 4) is 0 Å². The van der Waals surface area contributed by atoms with Crippen molar-refractivity contribution in [2.75, 3.05) is 19.0 Å². The number of nitrogens with zero attached hydrogens (tertiary/aromatic N) is 1. The first-order valence-corrected chi connectivity index (χ1v) is 8.22. The third-order valence-corrected chi connectivity index (χ3v) is 4.65. The number of aliphatic hydroxyl groups excluding tert-OH is 1. The fraction of sp³-hybridized carbons (Fsp3) is 0.556. The SMILES string of the molecule is CC(=O)Nc1ccc(CC(=O)N(C)C2CCC(CO)CC2)cc1. The molecule has 2 amide bonds. The molecule has 0 bridgehead atoms. The molecular weight excluding hydrogens is 292 g/mol. The largest absolute Gasteiger partial charge is 0.396 e. The molecule has 23 heavy (non-hydrogen) atoms. The van der Waals surface area contributed by atoms with Crippen molar-refractivity contribution in [3.63, 3.8) is 0 Å². The Labute approximate surface area is 137 Å². The van der Waals surface area contributed by atoms with Crippen LogP contribution in [-0.4, -0.2) is 41.5 Å². The molecule has 1 aliphatic carbocycles. The number of hydrogen-bond acceptors (Lipinski definition) is 3. The minimum Gasteiger partial charge on any atom is -0.396 e. The van der Waals surface area contributed by atoms with E-state index < -0.39 is 0 Å². The van der Waals surface area contributed by atoms with Crippen molar-refractivity contribution >= 4 is 17.5 Å². The summed E-state index contributed by atoms with van der Waals surface area (Å²) in [7, 11) is 1.87. The van der Waals surface area contributed by atoms with Crippen molar-refractivity contribution in [2.24, 2.45) is 5.92 Å². The molecule has 0 heterocycles. The summed E-state index contributed by atoms with van der Waals surface area (Å²) in [4.78, 5) is 25.3. The Hall–Kier alpha value is -1.88. The number of carbonyl (C=O) groups excluding carboxylic acids is 2. The van der Waals surface area contributed by atoms with Crippen LogP contribution in [0.1, 0.15) is 38.2 Å². The summed E-state index contributed by atoms with van der Waals surface area (Å²) in [6.45, 7) is 1.73. The first kappa shape index (κ1) is 17.5. The Morgan fingerprint density at radius 3 is 2.30 bits per heavy atom. The van der Waals surface area contributed by atoms with Gasteiger partial charge in [0.05, 0.1) is 6.42 Å². The van der Waals surface area contributed by atoms with E-state index in [1.54, 1.807) is 0 Å². The second-order valence-electron chi connectivity index (χ2n) is 6.42. The van der Waals surface area contributed by atoms with Crippen LogP contribution in [0.3, 0.4) is 0 Å². The van der Waals surface area contributed by atoms with Crippen molar-refractivity contribution in [1.82, 2.24) is 4.90 Å². The lowest BCUT2D eigenvalue weighted by molar-refractivity contribution is -0.132. The van der Waals surface area contributed by atoms with Crippen LogP contribution in [0.15, 0.2) is 24.3 Å². The Morgan fingerprint density at radius 1 is 1.17 bits per heavy atom. The highest BCUT2D eigenvalue weighted by molar-refractivity contribution is 5.88. The third-order valence-electron chi connectivity index (χ3n) is 4.65. The molecule has 0 aromatic heterocycles. The van der Waals surface area contributed by atoms with E-state index >= 15 is 0 Å². The fourth-order valence-electron chi connectivity index (χ4n) is 3.13. The van der Waals surface area contributed by atoms with Gasteiger partial charge in [-0.25, -0.2) is 0 Å². The molecule has 1 aromatic carbocycles. The third kappa shape index (κ3) is 5.06. The average Bonchev–Trinajstić information content (AvgIpc) is 2.55. The molecule has 0 aliphatic heterocycles. The van der Waals surface area contributed by atoms with Gasteiger partial charge in [-0.3, -0.25) is 9.59 Å². The number of benzene rings is 1. The van der Waals surface area contributed by atoms with Crippen molar-refractivity contribution in [2.45, 2.75) is 45.1 Å². The topological polar surface area (TPSA) is 69.6 Å². The molecule has 5 nitrogen and oxygen atoms in total. The zero-order valence-electron chi connectivity index (χ0n) is 13.9. The van der Waals surface area contributed by atoms with E-state index in [9.17, 15) is 14.7 Å². The van der Waals surface area contributed by atoms with Gasteiger partial charge < -0.3 is 15.3 Å². The second-order valence-corrected chi connectivity index (χ2v) is 6.42. The number of rotatable bonds is 5. The number of anilines is 1. The smallest absolute Gasteiger partial charge is 0.226 e.